The van der Waals surface area contributed by atoms with Crippen LogP contribution in [0.3, 0.4) is 0 Å². The van der Waals surface area contributed by atoms with Crippen molar-refractivity contribution in [3.63, 3.8) is 0 Å². The van der Waals surface area contributed by atoms with Gasteiger partial charge in [-0.15, -0.1) is 0 Å². The highest BCUT2D eigenvalue weighted by molar-refractivity contribution is 5.84. The van der Waals surface area contributed by atoms with Crippen molar-refractivity contribution in [2.75, 3.05) is 46.4 Å². The summed E-state index contributed by atoms with van der Waals surface area (Å²) >= 11 is 0. The molecule has 0 aromatic heterocycles. The second-order valence-electron chi connectivity index (χ2n) is 5.42. The van der Waals surface area contributed by atoms with Crippen LogP contribution in [0, 0.1) is 0 Å². The second-order valence-corrected chi connectivity index (χ2v) is 5.42. The maximum absolute atomic E-state index is 12.4. The van der Waals surface area contributed by atoms with E-state index in [1.165, 1.54) is 0 Å². The quantitative estimate of drug-likeness (QED) is 0.692. The van der Waals surface area contributed by atoms with Gasteiger partial charge in [-0.2, -0.15) is 0 Å². The minimum absolute atomic E-state index is 0.124. The zero-order chi connectivity index (χ0) is 14.3. The van der Waals surface area contributed by atoms with Gasteiger partial charge < -0.3 is 15.4 Å². The van der Waals surface area contributed by atoms with E-state index in [1.54, 1.807) is 7.11 Å². The summed E-state index contributed by atoms with van der Waals surface area (Å²) < 4.78 is 5.39. The van der Waals surface area contributed by atoms with Gasteiger partial charge >= 0.3 is 0 Å². The topological polar surface area (TPSA) is 58.8 Å². The van der Waals surface area contributed by atoms with Crippen molar-refractivity contribution in [1.29, 1.82) is 0 Å². The van der Waals surface area contributed by atoms with Gasteiger partial charge in [0.1, 0.15) is 5.60 Å². The van der Waals surface area contributed by atoms with Crippen LogP contribution in [-0.2, 0) is 9.53 Å². The third-order valence-corrected chi connectivity index (χ3v) is 4.17. The number of rotatable bonds is 7. The highest BCUT2D eigenvalue weighted by Crippen LogP contribution is 2.19. The average Bonchev–Trinajstić information content (AvgIpc) is 2.46. The molecule has 1 saturated heterocycles. The molecule has 5 nitrogen and oxygen atoms in total. The number of unbranched alkanes of at least 4 members (excludes halogenated alkanes) is 1. The Morgan fingerprint density at radius 2 is 1.89 bits per heavy atom. The molecule has 1 aliphatic rings. The largest absolute Gasteiger partial charge is 0.369 e. The average molecular weight is 271 g/mol. The van der Waals surface area contributed by atoms with Gasteiger partial charge in [0.2, 0.25) is 0 Å². The van der Waals surface area contributed by atoms with Gasteiger partial charge in [0, 0.05) is 33.3 Å². The number of hydrogen-bond acceptors (Lipinski definition) is 4. The van der Waals surface area contributed by atoms with E-state index >= 15 is 0 Å². The van der Waals surface area contributed by atoms with Crippen LogP contribution < -0.4 is 5.73 Å². The van der Waals surface area contributed by atoms with E-state index in [9.17, 15) is 4.79 Å². The molecule has 1 fully saturated rings. The van der Waals surface area contributed by atoms with E-state index in [1.807, 2.05) is 18.7 Å². The zero-order valence-corrected chi connectivity index (χ0v) is 12.7. The van der Waals surface area contributed by atoms with Crippen molar-refractivity contribution in [2.24, 2.45) is 5.73 Å². The minimum Gasteiger partial charge on any atom is -0.369 e. The predicted molar refractivity (Wildman–Crippen MR) is 77.0 cm³/mol. The molecular formula is C14H29N3O2. The van der Waals surface area contributed by atoms with Crippen LogP contribution in [0.4, 0.5) is 0 Å². The normalized spacial score (nSPS) is 20.3. The van der Waals surface area contributed by atoms with Crippen molar-refractivity contribution >= 4 is 5.91 Å². The summed E-state index contributed by atoms with van der Waals surface area (Å²) in [6.45, 7) is 9.25. The van der Waals surface area contributed by atoms with Crippen LogP contribution in [0.25, 0.3) is 0 Å². The maximum atomic E-state index is 12.4. The van der Waals surface area contributed by atoms with E-state index in [4.69, 9.17) is 10.5 Å². The lowest BCUT2D eigenvalue weighted by Gasteiger charge is -2.39. The number of hydrogen-bond donors (Lipinski definition) is 1. The van der Waals surface area contributed by atoms with Gasteiger partial charge in [-0.3, -0.25) is 9.69 Å². The lowest BCUT2D eigenvalue weighted by atomic mass is 10.0. The molecule has 0 saturated carbocycles. The van der Waals surface area contributed by atoms with Crippen molar-refractivity contribution in [2.45, 2.75) is 38.7 Å². The first kappa shape index (κ1) is 16.4. The van der Waals surface area contributed by atoms with Crippen molar-refractivity contribution in [3.05, 3.63) is 0 Å². The lowest BCUT2D eigenvalue weighted by molar-refractivity contribution is -0.155. The second kappa shape index (κ2) is 7.82. The Morgan fingerprint density at radius 3 is 2.37 bits per heavy atom. The van der Waals surface area contributed by atoms with Gasteiger partial charge in [-0.1, -0.05) is 6.92 Å². The monoisotopic (exact) mass is 271 g/mol. The first-order valence-corrected chi connectivity index (χ1v) is 7.34. The Bertz CT molecular complexity index is 272. The summed E-state index contributed by atoms with van der Waals surface area (Å²) in [4.78, 5) is 16.8. The molecule has 5 heteroatoms. The van der Waals surface area contributed by atoms with E-state index < -0.39 is 5.60 Å². The van der Waals surface area contributed by atoms with Gasteiger partial charge in [0.25, 0.3) is 5.91 Å². The molecule has 1 atom stereocenters. The highest BCUT2D eigenvalue weighted by atomic mass is 16.5. The third kappa shape index (κ3) is 4.44. The fourth-order valence-electron chi connectivity index (χ4n) is 2.37. The first-order valence-electron chi connectivity index (χ1n) is 7.34. The molecule has 1 aliphatic heterocycles. The summed E-state index contributed by atoms with van der Waals surface area (Å²) in [6, 6.07) is 0. The summed E-state index contributed by atoms with van der Waals surface area (Å²) in [5.74, 6) is 0.124. The number of carbonyl (C=O) groups is 1. The third-order valence-electron chi connectivity index (χ3n) is 4.17. The number of nitrogens with zero attached hydrogens (tertiary/aromatic N) is 2. The van der Waals surface area contributed by atoms with Crippen molar-refractivity contribution in [3.8, 4) is 0 Å². The van der Waals surface area contributed by atoms with Crippen LogP contribution >= 0.6 is 0 Å². The number of ether oxygens (including phenoxy) is 1. The standard InChI is InChI=1S/C14H29N3O2/c1-4-14(2,19-3)13(18)17-11-9-16(10-12-17)8-6-5-7-15/h4-12,15H2,1-3H3. The number of piperazine rings is 1. The Labute approximate surface area is 117 Å². The van der Waals surface area contributed by atoms with Crippen molar-refractivity contribution < 1.29 is 9.53 Å². The molecule has 1 heterocycles. The number of carbonyl (C=O) groups excluding carboxylic acids is 1. The Kier molecular flexibility index (Phi) is 6.75. The highest BCUT2D eigenvalue weighted by Gasteiger charge is 2.36. The van der Waals surface area contributed by atoms with Gasteiger partial charge in [-0.05, 0) is 39.3 Å². The molecule has 0 aromatic carbocycles. The maximum Gasteiger partial charge on any atom is 0.254 e. The molecule has 1 amide bonds. The van der Waals surface area contributed by atoms with E-state index in [0.29, 0.717) is 6.42 Å². The summed E-state index contributed by atoms with van der Waals surface area (Å²) in [5.41, 5.74) is 4.83. The molecule has 2 N–H and O–H groups in total. The first-order chi connectivity index (χ1) is 9.07. The van der Waals surface area contributed by atoms with Crippen molar-refractivity contribution in [1.82, 2.24) is 9.80 Å². The minimum atomic E-state index is -0.665. The van der Waals surface area contributed by atoms with Gasteiger partial charge in [0.05, 0.1) is 0 Å². The molecule has 0 bridgehead atoms. The predicted octanol–water partition coefficient (Wildman–Crippen LogP) is 0.685. The molecule has 1 rings (SSSR count). The van der Waals surface area contributed by atoms with E-state index in [2.05, 4.69) is 4.90 Å². The smallest absolute Gasteiger partial charge is 0.254 e. The van der Waals surface area contributed by atoms with Crippen LogP contribution in [-0.4, -0.2) is 67.7 Å². The Balaban J connectivity index is 2.39. The molecule has 0 aliphatic carbocycles. The van der Waals surface area contributed by atoms with Crippen LogP contribution in [0.1, 0.15) is 33.1 Å². The van der Waals surface area contributed by atoms with Crippen LogP contribution in [0.15, 0.2) is 0 Å². The fraction of sp³-hybridized carbons (Fsp3) is 0.929. The van der Waals surface area contributed by atoms with Crippen LogP contribution in [0.5, 0.6) is 0 Å². The molecule has 0 aromatic rings. The van der Waals surface area contributed by atoms with Gasteiger partial charge in [-0.25, -0.2) is 0 Å². The fourth-order valence-corrected chi connectivity index (χ4v) is 2.37. The number of amides is 1. The Morgan fingerprint density at radius 1 is 1.26 bits per heavy atom. The molecule has 0 radical (unpaired) electrons. The van der Waals surface area contributed by atoms with E-state index in [-0.39, 0.29) is 5.91 Å². The van der Waals surface area contributed by atoms with Crippen LogP contribution in [0.2, 0.25) is 0 Å². The number of nitrogens with two attached hydrogens (primary N) is 1. The summed E-state index contributed by atoms with van der Waals surface area (Å²) in [6.07, 6.45) is 2.94. The molecule has 1 unspecified atom stereocenters. The SMILES string of the molecule is CCC(C)(OC)C(=O)N1CCN(CCCCN)CC1. The molecule has 0 spiro atoms. The molecule has 112 valence electrons. The molecule has 19 heavy (non-hydrogen) atoms. The van der Waals surface area contributed by atoms with E-state index in [0.717, 1.165) is 52.1 Å². The van der Waals surface area contributed by atoms with Gasteiger partial charge in [0.15, 0.2) is 0 Å². The summed E-state index contributed by atoms with van der Waals surface area (Å²) in [5, 5.41) is 0. The zero-order valence-electron chi connectivity index (χ0n) is 12.7. The molecular weight excluding hydrogens is 242 g/mol. The number of methoxy groups -OCH3 is 1. The Hall–Kier alpha value is -0.650. The lowest BCUT2D eigenvalue weighted by Crippen LogP contribution is -2.55. The summed E-state index contributed by atoms with van der Waals surface area (Å²) in [7, 11) is 1.62.